The van der Waals surface area contributed by atoms with Crippen molar-refractivity contribution in [1.29, 1.82) is 0 Å². The predicted octanol–water partition coefficient (Wildman–Crippen LogP) is 2.22. The van der Waals surface area contributed by atoms with Gasteiger partial charge in [-0.25, -0.2) is 0 Å². The maximum atomic E-state index is 13.4. The van der Waals surface area contributed by atoms with Crippen LogP contribution in [-0.4, -0.2) is 66.9 Å². The average molecular weight is 391 g/mol. The molecule has 0 aliphatic carbocycles. The van der Waals surface area contributed by atoms with Crippen LogP contribution >= 0.6 is 0 Å². The Morgan fingerprint density at radius 3 is 2.21 bits per heavy atom. The molecule has 2 aromatic carbocycles. The van der Waals surface area contributed by atoms with Gasteiger partial charge in [0.1, 0.15) is 11.4 Å². The maximum Gasteiger partial charge on any atom is 0.278 e. The highest BCUT2D eigenvalue weighted by molar-refractivity contribution is 6.35. The monoisotopic (exact) mass is 391 g/mol. The SMILES string of the molecule is COc1ccccc1CN1C(=O)C(c2ccccc2)=C(N2CCN(C)CC2)C1=O. The Morgan fingerprint density at radius 2 is 1.52 bits per heavy atom. The lowest BCUT2D eigenvalue weighted by molar-refractivity contribution is -0.138. The minimum Gasteiger partial charge on any atom is -0.496 e. The van der Waals surface area contributed by atoms with Crippen molar-refractivity contribution in [2.75, 3.05) is 40.3 Å². The fourth-order valence-electron chi connectivity index (χ4n) is 3.90. The first-order chi connectivity index (χ1) is 14.1. The molecule has 0 spiro atoms. The summed E-state index contributed by atoms with van der Waals surface area (Å²) >= 11 is 0. The predicted molar refractivity (Wildman–Crippen MR) is 111 cm³/mol. The standard InChI is InChI=1S/C23H25N3O3/c1-24-12-14-25(15-13-24)21-20(17-8-4-3-5-9-17)22(27)26(23(21)28)16-18-10-6-7-11-19(18)29-2/h3-11H,12-16H2,1-2H3. The van der Waals surface area contributed by atoms with E-state index in [1.807, 2.05) is 54.6 Å². The van der Waals surface area contributed by atoms with Crippen molar-refractivity contribution in [3.8, 4) is 5.75 Å². The van der Waals surface area contributed by atoms with Crippen LogP contribution in [0.25, 0.3) is 5.57 Å². The topological polar surface area (TPSA) is 53.1 Å². The Bertz CT molecular complexity index is 947. The van der Waals surface area contributed by atoms with E-state index in [1.54, 1.807) is 7.11 Å². The number of ether oxygens (including phenoxy) is 1. The highest BCUT2D eigenvalue weighted by Crippen LogP contribution is 2.34. The third kappa shape index (κ3) is 3.63. The van der Waals surface area contributed by atoms with Crippen LogP contribution in [0.3, 0.4) is 0 Å². The molecule has 0 aromatic heterocycles. The fourth-order valence-corrected chi connectivity index (χ4v) is 3.90. The number of rotatable bonds is 5. The zero-order valence-electron chi connectivity index (χ0n) is 16.8. The number of amides is 2. The molecule has 29 heavy (non-hydrogen) atoms. The Morgan fingerprint density at radius 1 is 0.862 bits per heavy atom. The molecule has 6 nitrogen and oxygen atoms in total. The van der Waals surface area contributed by atoms with Gasteiger partial charge in [-0.1, -0.05) is 48.5 Å². The van der Waals surface area contributed by atoms with Crippen molar-refractivity contribution in [2.45, 2.75) is 6.54 Å². The zero-order valence-corrected chi connectivity index (χ0v) is 16.8. The van der Waals surface area contributed by atoms with Crippen molar-refractivity contribution in [2.24, 2.45) is 0 Å². The Kier molecular flexibility index (Phi) is 5.36. The summed E-state index contributed by atoms with van der Waals surface area (Å²) in [5, 5.41) is 0. The molecule has 2 heterocycles. The minimum absolute atomic E-state index is 0.190. The molecule has 1 fully saturated rings. The molecule has 2 amide bonds. The normalized spacial score (nSPS) is 18.0. The molecule has 0 bridgehead atoms. The molecule has 6 heteroatoms. The van der Waals surface area contributed by atoms with Gasteiger partial charge in [0.25, 0.3) is 11.8 Å². The van der Waals surface area contributed by atoms with Gasteiger partial charge in [0.05, 0.1) is 19.2 Å². The summed E-state index contributed by atoms with van der Waals surface area (Å²) in [6.07, 6.45) is 0. The van der Waals surface area contributed by atoms with E-state index in [-0.39, 0.29) is 18.4 Å². The minimum atomic E-state index is -0.249. The van der Waals surface area contributed by atoms with Gasteiger partial charge in [-0.15, -0.1) is 0 Å². The van der Waals surface area contributed by atoms with Crippen LogP contribution in [0, 0.1) is 0 Å². The molecule has 0 saturated carbocycles. The van der Waals surface area contributed by atoms with E-state index < -0.39 is 0 Å². The van der Waals surface area contributed by atoms with E-state index in [1.165, 1.54) is 4.90 Å². The van der Waals surface area contributed by atoms with Crippen molar-refractivity contribution in [1.82, 2.24) is 14.7 Å². The van der Waals surface area contributed by atoms with Crippen LogP contribution in [0.5, 0.6) is 5.75 Å². The van der Waals surface area contributed by atoms with Crippen molar-refractivity contribution >= 4 is 17.4 Å². The molecular formula is C23H25N3O3. The summed E-state index contributed by atoms with van der Waals surface area (Å²) < 4.78 is 5.41. The maximum absolute atomic E-state index is 13.4. The van der Waals surface area contributed by atoms with Crippen molar-refractivity contribution in [3.05, 3.63) is 71.4 Å². The van der Waals surface area contributed by atoms with Crippen LogP contribution in [-0.2, 0) is 16.1 Å². The van der Waals surface area contributed by atoms with Gasteiger partial charge in [-0.2, -0.15) is 0 Å². The average Bonchev–Trinajstić information content (AvgIpc) is 3.00. The zero-order chi connectivity index (χ0) is 20.4. The van der Waals surface area contributed by atoms with E-state index in [0.717, 1.165) is 37.3 Å². The van der Waals surface area contributed by atoms with Gasteiger partial charge in [0, 0.05) is 31.7 Å². The van der Waals surface area contributed by atoms with E-state index in [9.17, 15) is 9.59 Å². The second kappa shape index (κ2) is 8.09. The molecule has 1 saturated heterocycles. The summed E-state index contributed by atoms with van der Waals surface area (Å²) in [6, 6.07) is 17.0. The number of hydrogen-bond acceptors (Lipinski definition) is 5. The van der Waals surface area contributed by atoms with Gasteiger partial charge in [-0.3, -0.25) is 14.5 Å². The highest BCUT2D eigenvalue weighted by atomic mass is 16.5. The number of methoxy groups -OCH3 is 1. The largest absolute Gasteiger partial charge is 0.496 e. The lowest BCUT2D eigenvalue weighted by Crippen LogP contribution is -2.46. The van der Waals surface area contributed by atoms with E-state index in [0.29, 0.717) is 17.0 Å². The third-order valence-electron chi connectivity index (χ3n) is 5.55. The van der Waals surface area contributed by atoms with E-state index in [4.69, 9.17) is 4.74 Å². The number of nitrogens with zero attached hydrogens (tertiary/aromatic N) is 3. The van der Waals surface area contributed by atoms with Gasteiger partial charge < -0.3 is 14.5 Å². The molecule has 2 aliphatic heterocycles. The second-order valence-corrected chi connectivity index (χ2v) is 7.39. The summed E-state index contributed by atoms with van der Waals surface area (Å²) in [5.74, 6) is 0.188. The molecule has 2 aromatic rings. The number of likely N-dealkylation sites (N-methyl/N-ethyl adjacent to an activating group) is 1. The third-order valence-corrected chi connectivity index (χ3v) is 5.55. The van der Waals surface area contributed by atoms with E-state index >= 15 is 0 Å². The molecule has 4 rings (SSSR count). The molecule has 2 aliphatic rings. The number of piperazine rings is 1. The van der Waals surface area contributed by atoms with Crippen molar-refractivity contribution < 1.29 is 14.3 Å². The number of para-hydroxylation sites is 1. The Balaban J connectivity index is 1.72. The summed E-state index contributed by atoms with van der Waals surface area (Å²) in [5.41, 5.74) is 2.60. The van der Waals surface area contributed by atoms with Gasteiger partial charge >= 0.3 is 0 Å². The Labute approximate surface area is 171 Å². The van der Waals surface area contributed by atoms with Crippen LogP contribution < -0.4 is 4.74 Å². The Hall–Kier alpha value is -3.12. The number of carbonyl (C=O) groups excluding carboxylic acids is 2. The highest BCUT2D eigenvalue weighted by Gasteiger charge is 2.42. The molecule has 0 atom stereocenters. The van der Waals surface area contributed by atoms with Crippen LogP contribution in [0.15, 0.2) is 60.3 Å². The molecular weight excluding hydrogens is 366 g/mol. The van der Waals surface area contributed by atoms with Crippen LogP contribution in [0.2, 0.25) is 0 Å². The number of hydrogen-bond donors (Lipinski definition) is 0. The van der Waals surface area contributed by atoms with Crippen molar-refractivity contribution in [3.63, 3.8) is 0 Å². The van der Waals surface area contributed by atoms with Crippen LogP contribution in [0.1, 0.15) is 11.1 Å². The molecule has 0 unspecified atom stereocenters. The van der Waals surface area contributed by atoms with Gasteiger partial charge in [-0.05, 0) is 18.7 Å². The number of carbonyl (C=O) groups is 2. The smallest absolute Gasteiger partial charge is 0.278 e. The first-order valence-corrected chi connectivity index (χ1v) is 9.81. The van der Waals surface area contributed by atoms with E-state index in [2.05, 4.69) is 16.8 Å². The number of benzene rings is 2. The number of imide groups is 1. The quantitative estimate of drug-likeness (QED) is 0.732. The van der Waals surface area contributed by atoms with Crippen LogP contribution in [0.4, 0.5) is 0 Å². The molecule has 0 radical (unpaired) electrons. The van der Waals surface area contributed by atoms with Gasteiger partial charge in [0.15, 0.2) is 0 Å². The summed E-state index contributed by atoms with van der Waals surface area (Å²) in [4.78, 5) is 32.5. The summed E-state index contributed by atoms with van der Waals surface area (Å²) in [6.45, 7) is 3.36. The van der Waals surface area contributed by atoms with Gasteiger partial charge in [0.2, 0.25) is 0 Å². The molecule has 150 valence electrons. The molecule has 0 N–H and O–H groups in total. The second-order valence-electron chi connectivity index (χ2n) is 7.39. The fraction of sp³-hybridized carbons (Fsp3) is 0.304. The summed E-state index contributed by atoms with van der Waals surface area (Å²) in [7, 11) is 3.66. The lowest BCUT2D eigenvalue weighted by atomic mass is 10.0. The lowest BCUT2D eigenvalue weighted by Gasteiger charge is -2.34. The first kappa shape index (κ1) is 19.2. The first-order valence-electron chi connectivity index (χ1n) is 9.81.